The number of nitriles is 1. The molecule has 0 saturated heterocycles. The highest BCUT2D eigenvalue weighted by molar-refractivity contribution is 9.10. The van der Waals surface area contributed by atoms with Crippen LogP contribution < -0.4 is 11.1 Å². The molecule has 0 fully saturated rings. The molecule has 6 heteroatoms. The average Bonchev–Trinajstić information content (AvgIpc) is 2.30. The number of hydrogen-bond acceptors (Lipinski definition) is 3. The van der Waals surface area contributed by atoms with Crippen LogP contribution in [0.2, 0.25) is 0 Å². The van der Waals surface area contributed by atoms with Gasteiger partial charge in [0.05, 0.1) is 15.7 Å². The summed E-state index contributed by atoms with van der Waals surface area (Å²) >= 11 is 3.00. The summed E-state index contributed by atoms with van der Waals surface area (Å²) in [4.78, 5) is 11.2. The van der Waals surface area contributed by atoms with Gasteiger partial charge in [-0.25, -0.2) is 4.39 Å². The van der Waals surface area contributed by atoms with E-state index in [0.29, 0.717) is 0 Å². The molecule has 1 rings (SSSR count). The van der Waals surface area contributed by atoms with Gasteiger partial charge in [-0.15, -0.1) is 0 Å². The molecule has 0 spiro atoms. The quantitative estimate of drug-likeness (QED) is 0.895. The topological polar surface area (TPSA) is 78.9 Å². The molecule has 18 heavy (non-hydrogen) atoms. The van der Waals surface area contributed by atoms with Gasteiger partial charge in [0.25, 0.3) is 0 Å². The van der Waals surface area contributed by atoms with Crippen LogP contribution in [0, 0.1) is 23.1 Å². The second-order valence-corrected chi connectivity index (χ2v) is 4.96. The fourth-order valence-corrected chi connectivity index (χ4v) is 1.92. The molecular formula is C12H13BrFN3O. The molecule has 1 aromatic rings. The standard InChI is InChI=1S/C12H13BrFN3O/c1-6(2)11(12(16)18)17-8-4-3-7(5-15)9(13)10(8)14/h3-4,6,11,17H,1-2H3,(H2,16,18). The highest BCUT2D eigenvalue weighted by Gasteiger charge is 2.21. The second-order valence-electron chi connectivity index (χ2n) is 4.17. The van der Waals surface area contributed by atoms with E-state index in [4.69, 9.17) is 11.0 Å². The third-order valence-electron chi connectivity index (χ3n) is 2.49. The first-order chi connectivity index (χ1) is 8.38. The lowest BCUT2D eigenvalue weighted by Gasteiger charge is -2.20. The van der Waals surface area contributed by atoms with Gasteiger partial charge in [0.15, 0.2) is 5.82 Å². The van der Waals surface area contributed by atoms with Crippen LogP contribution in [0.25, 0.3) is 0 Å². The van der Waals surface area contributed by atoms with Crippen molar-refractivity contribution >= 4 is 27.5 Å². The average molecular weight is 314 g/mol. The maximum absolute atomic E-state index is 13.9. The zero-order chi connectivity index (χ0) is 13.9. The Morgan fingerprint density at radius 3 is 2.61 bits per heavy atom. The predicted octanol–water partition coefficient (Wildman–Crippen LogP) is 2.38. The zero-order valence-corrected chi connectivity index (χ0v) is 11.6. The van der Waals surface area contributed by atoms with Crippen LogP contribution in [0.4, 0.5) is 10.1 Å². The molecule has 0 heterocycles. The van der Waals surface area contributed by atoms with Gasteiger partial charge in [0, 0.05) is 0 Å². The Bertz CT molecular complexity index is 511. The summed E-state index contributed by atoms with van der Waals surface area (Å²) in [6.07, 6.45) is 0. The van der Waals surface area contributed by atoms with E-state index in [0.717, 1.165) is 0 Å². The lowest BCUT2D eigenvalue weighted by Crippen LogP contribution is -2.39. The molecule has 0 radical (unpaired) electrons. The highest BCUT2D eigenvalue weighted by Crippen LogP contribution is 2.27. The molecule has 1 amide bonds. The number of carbonyl (C=O) groups excluding carboxylic acids is 1. The molecule has 0 aliphatic rings. The van der Waals surface area contributed by atoms with Crippen LogP contribution >= 0.6 is 15.9 Å². The monoisotopic (exact) mass is 313 g/mol. The Hall–Kier alpha value is -1.61. The van der Waals surface area contributed by atoms with E-state index in [1.807, 2.05) is 6.07 Å². The molecule has 4 nitrogen and oxygen atoms in total. The van der Waals surface area contributed by atoms with Crippen molar-refractivity contribution in [2.45, 2.75) is 19.9 Å². The lowest BCUT2D eigenvalue weighted by atomic mass is 10.0. The maximum atomic E-state index is 13.9. The number of carbonyl (C=O) groups is 1. The van der Waals surface area contributed by atoms with E-state index in [-0.39, 0.29) is 21.6 Å². The fraction of sp³-hybridized carbons (Fsp3) is 0.333. The summed E-state index contributed by atoms with van der Waals surface area (Å²) in [6.45, 7) is 3.61. The van der Waals surface area contributed by atoms with Crippen molar-refractivity contribution in [2.24, 2.45) is 11.7 Å². The summed E-state index contributed by atoms with van der Waals surface area (Å²) in [7, 11) is 0. The predicted molar refractivity (Wildman–Crippen MR) is 70.3 cm³/mol. The molecule has 0 aromatic heterocycles. The first kappa shape index (κ1) is 14.5. The van der Waals surface area contributed by atoms with Gasteiger partial charge < -0.3 is 11.1 Å². The number of amides is 1. The molecule has 0 aliphatic carbocycles. The van der Waals surface area contributed by atoms with Crippen LogP contribution in [-0.4, -0.2) is 11.9 Å². The summed E-state index contributed by atoms with van der Waals surface area (Å²) < 4.78 is 14.0. The summed E-state index contributed by atoms with van der Waals surface area (Å²) in [5.74, 6) is -1.23. The number of nitrogens with two attached hydrogens (primary N) is 1. The number of halogens is 2. The van der Waals surface area contributed by atoms with Gasteiger partial charge in [-0.1, -0.05) is 13.8 Å². The molecule has 1 atom stereocenters. The fourth-order valence-electron chi connectivity index (χ4n) is 1.48. The van der Waals surface area contributed by atoms with E-state index in [1.54, 1.807) is 13.8 Å². The molecule has 1 unspecified atom stereocenters. The SMILES string of the molecule is CC(C)C(Nc1ccc(C#N)c(Br)c1F)C(N)=O. The van der Waals surface area contributed by atoms with E-state index in [9.17, 15) is 9.18 Å². The Kier molecular flexibility index (Phi) is 4.68. The minimum atomic E-state index is -0.667. The molecule has 1 aromatic carbocycles. The van der Waals surface area contributed by atoms with Gasteiger partial charge >= 0.3 is 0 Å². The zero-order valence-electron chi connectivity index (χ0n) is 10.00. The molecule has 0 aliphatic heterocycles. The molecule has 0 bridgehead atoms. The first-order valence-electron chi connectivity index (χ1n) is 5.32. The van der Waals surface area contributed by atoms with Crippen LogP contribution in [0.5, 0.6) is 0 Å². The van der Waals surface area contributed by atoms with Crippen molar-refractivity contribution in [2.75, 3.05) is 5.32 Å². The second kappa shape index (κ2) is 5.83. The van der Waals surface area contributed by atoms with Crippen LogP contribution in [0.15, 0.2) is 16.6 Å². The van der Waals surface area contributed by atoms with Crippen LogP contribution in [0.1, 0.15) is 19.4 Å². The van der Waals surface area contributed by atoms with Crippen LogP contribution in [-0.2, 0) is 4.79 Å². The van der Waals surface area contributed by atoms with Gasteiger partial charge in [0.1, 0.15) is 12.1 Å². The van der Waals surface area contributed by atoms with Gasteiger partial charge in [-0.05, 0) is 34.0 Å². The van der Waals surface area contributed by atoms with E-state index < -0.39 is 17.8 Å². The van der Waals surface area contributed by atoms with E-state index >= 15 is 0 Å². The number of nitrogens with zero attached hydrogens (tertiary/aromatic N) is 1. The van der Waals surface area contributed by atoms with Gasteiger partial charge in [0.2, 0.25) is 5.91 Å². The number of primary amides is 1. The number of hydrogen-bond donors (Lipinski definition) is 2. The summed E-state index contributed by atoms with van der Waals surface area (Å²) in [6, 6.07) is 4.07. The van der Waals surface area contributed by atoms with Gasteiger partial charge in [-0.3, -0.25) is 4.79 Å². The minimum absolute atomic E-state index is 0.0713. The Balaban J connectivity index is 3.09. The van der Waals surface area contributed by atoms with Gasteiger partial charge in [-0.2, -0.15) is 5.26 Å². The Morgan fingerprint density at radius 1 is 1.56 bits per heavy atom. The van der Waals surface area contributed by atoms with Crippen LogP contribution in [0.3, 0.4) is 0 Å². The lowest BCUT2D eigenvalue weighted by molar-refractivity contribution is -0.119. The van der Waals surface area contributed by atoms with Crippen molar-refractivity contribution < 1.29 is 9.18 Å². The van der Waals surface area contributed by atoms with Crippen molar-refractivity contribution in [1.82, 2.24) is 0 Å². The van der Waals surface area contributed by atoms with E-state index in [1.165, 1.54) is 12.1 Å². The third kappa shape index (κ3) is 2.99. The Morgan fingerprint density at radius 2 is 2.17 bits per heavy atom. The first-order valence-corrected chi connectivity index (χ1v) is 6.11. The number of anilines is 1. The molecule has 0 saturated carbocycles. The summed E-state index contributed by atoms with van der Waals surface area (Å²) in [5, 5.41) is 11.5. The minimum Gasteiger partial charge on any atom is -0.371 e. The number of rotatable bonds is 4. The Labute approximate surface area is 113 Å². The third-order valence-corrected chi connectivity index (χ3v) is 3.26. The smallest absolute Gasteiger partial charge is 0.240 e. The van der Waals surface area contributed by atoms with Crippen molar-refractivity contribution in [3.63, 3.8) is 0 Å². The summed E-state index contributed by atoms with van der Waals surface area (Å²) in [5.41, 5.74) is 5.57. The normalized spacial score (nSPS) is 12.0. The largest absolute Gasteiger partial charge is 0.371 e. The highest BCUT2D eigenvalue weighted by atomic mass is 79.9. The maximum Gasteiger partial charge on any atom is 0.240 e. The van der Waals surface area contributed by atoms with E-state index in [2.05, 4.69) is 21.2 Å². The van der Waals surface area contributed by atoms with Crippen molar-refractivity contribution in [3.05, 3.63) is 28.0 Å². The molecular weight excluding hydrogens is 301 g/mol. The molecule has 3 N–H and O–H groups in total. The van der Waals surface area contributed by atoms with Crippen molar-refractivity contribution in [1.29, 1.82) is 5.26 Å². The van der Waals surface area contributed by atoms with Crippen molar-refractivity contribution in [3.8, 4) is 6.07 Å². The number of nitrogens with one attached hydrogen (secondary N) is 1. The molecule has 96 valence electrons. The number of benzene rings is 1.